The maximum Gasteiger partial charge on any atom is 0.227 e. The number of nitrogens with zero attached hydrogens (tertiary/aromatic N) is 2. The number of fused-ring (bicyclic) bond motifs is 11. The number of allylic oxidation sites excluding steroid dienone is 2. The van der Waals surface area contributed by atoms with Crippen LogP contribution in [-0.2, 0) is 6.42 Å². The third-order valence-electron chi connectivity index (χ3n) is 11.1. The highest BCUT2D eigenvalue weighted by Gasteiger charge is 2.40. The van der Waals surface area contributed by atoms with Gasteiger partial charge in [-0.2, -0.15) is 4.57 Å². The molecule has 2 aliphatic heterocycles. The summed E-state index contributed by atoms with van der Waals surface area (Å²) in [5, 5.41) is 5.89. The maximum absolute atomic E-state index is 6.82. The lowest BCUT2D eigenvalue weighted by Crippen LogP contribution is -2.48. The number of hydrogen-bond acceptors (Lipinski definition) is 3. The van der Waals surface area contributed by atoms with E-state index in [4.69, 9.17) is 9.40 Å². The zero-order valence-corrected chi connectivity index (χ0v) is 29.8. The van der Waals surface area contributed by atoms with Crippen LogP contribution in [0.4, 0.5) is 0 Å². The molecule has 2 aliphatic rings. The Morgan fingerprint density at radius 2 is 1.59 bits per heavy atom. The highest BCUT2D eigenvalue weighted by atomic mass is 16.3. The molecule has 0 bridgehead atoms. The van der Waals surface area contributed by atoms with Crippen molar-refractivity contribution in [3.63, 3.8) is 0 Å². The van der Waals surface area contributed by atoms with Gasteiger partial charge in [-0.15, -0.1) is 0 Å². The lowest BCUT2D eigenvalue weighted by Gasteiger charge is -2.33. The summed E-state index contributed by atoms with van der Waals surface area (Å²) in [4.78, 5) is 5.18. The molecule has 9 rings (SSSR count). The molecule has 3 aromatic heterocycles. The molecule has 51 heavy (non-hydrogen) atoms. The van der Waals surface area contributed by atoms with Crippen LogP contribution in [0.3, 0.4) is 0 Å². The fourth-order valence-electron chi connectivity index (χ4n) is 8.83. The first-order valence-electron chi connectivity index (χ1n) is 18.1. The Morgan fingerprint density at radius 3 is 2.39 bits per heavy atom. The van der Waals surface area contributed by atoms with Crippen LogP contribution in [0.1, 0.15) is 65.1 Å². The Hall–Kier alpha value is -5.74. The molecule has 2 unspecified atom stereocenters. The lowest BCUT2D eigenvalue weighted by atomic mass is 9.77. The molecule has 4 heteroatoms. The van der Waals surface area contributed by atoms with E-state index in [1.807, 2.05) is 0 Å². The van der Waals surface area contributed by atoms with E-state index in [-0.39, 0.29) is 0 Å². The quantitative estimate of drug-likeness (QED) is 0.187. The summed E-state index contributed by atoms with van der Waals surface area (Å²) < 4.78 is 9.36. The molecule has 4 aromatic carbocycles. The summed E-state index contributed by atoms with van der Waals surface area (Å²) in [5.74, 6) is 0.311. The largest absolute Gasteiger partial charge is 0.437 e. The van der Waals surface area contributed by atoms with E-state index in [0.717, 1.165) is 63.8 Å². The molecule has 0 aliphatic carbocycles. The monoisotopic (exact) mass is 664 g/mol. The van der Waals surface area contributed by atoms with Gasteiger partial charge in [0.15, 0.2) is 12.2 Å². The normalized spacial score (nSPS) is 17.8. The van der Waals surface area contributed by atoms with Gasteiger partial charge < -0.3 is 9.73 Å². The van der Waals surface area contributed by atoms with E-state index in [0.29, 0.717) is 17.7 Å². The molecular weight excluding hydrogens is 623 g/mol. The van der Waals surface area contributed by atoms with Crippen LogP contribution in [0.25, 0.3) is 61.4 Å². The van der Waals surface area contributed by atoms with Gasteiger partial charge in [0.25, 0.3) is 0 Å². The van der Waals surface area contributed by atoms with Crippen LogP contribution >= 0.6 is 0 Å². The standard InChI is InChI=1S/C47H42N3O/c1-6-40-45-33(18-23-43-39(26-31(5)48-40)35-14-10-11-15-36(35)42-22-16-28(2)27-50(42)43)17-19-37-38-20-21-41(49-47(38)51-46(37)45)44-29(3)24-34(25-30(44)4)32-12-8-7-9-13-32/h6-17,19-22,24-25,27,39,43,48H,5,18,23,26H2,1-4H3/q+1/b40-6-. The average molecular weight is 665 g/mol. The molecule has 250 valence electrons. The molecule has 0 fully saturated rings. The Morgan fingerprint density at radius 1 is 0.824 bits per heavy atom. The molecule has 7 aromatic rings. The molecule has 0 spiro atoms. The van der Waals surface area contributed by atoms with E-state index >= 15 is 0 Å². The minimum atomic E-state index is 0.295. The first-order chi connectivity index (χ1) is 24.9. The molecular formula is C47H42N3O+. The molecule has 0 radical (unpaired) electrons. The Bertz CT molecular complexity index is 2530. The first-order valence-corrected chi connectivity index (χ1v) is 18.1. The second kappa shape index (κ2) is 12.2. The topological polar surface area (TPSA) is 41.9 Å². The van der Waals surface area contributed by atoms with Crippen LogP contribution in [0.2, 0.25) is 0 Å². The minimum Gasteiger partial charge on any atom is -0.437 e. The third-order valence-corrected chi connectivity index (χ3v) is 11.1. The van der Waals surface area contributed by atoms with Gasteiger partial charge in [0.1, 0.15) is 5.58 Å². The fraction of sp³-hybridized carbons (Fsp3) is 0.191. The van der Waals surface area contributed by atoms with Gasteiger partial charge >= 0.3 is 0 Å². The van der Waals surface area contributed by atoms with Crippen molar-refractivity contribution in [1.29, 1.82) is 0 Å². The number of rotatable bonds is 2. The van der Waals surface area contributed by atoms with Crippen LogP contribution < -0.4 is 9.88 Å². The molecule has 0 amide bonds. The molecule has 1 N–H and O–H groups in total. The van der Waals surface area contributed by atoms with Crippen LogP contribution in [0.5, 0.6) is 0 Å². The van der Waals surface area contributed by atoms with Crippen molar-refractivity contribution in [1.82, 2.24) is 10.3 Å². The summed E-state index contributed by atoms with van der Waals surface area (Å²) in [6.07, 6.45) is 7.27. The Balaban J connectivity index is 1.15. The van der Waals surface area contributed by atoms with E-state index in [1.165, 1.54) is 50.2 Å². The minimum absolute atomic E-state index is 0.295. The van der Waals surface area contributed by atoms with Crippen molar-refractivity contribution in [2.75, 3.05) is 0 Å². The smallest absolute Gasteiger partial charge is 0.227 e. The van der Waals surface area contributed by atoms with Crippen LogP contribution in [0, 0.1) is 20.8 Å². The van der Waals surface area contributed by atoms with Crippen LogP contribution in [-0.4, -0.2) is 4.98 Å². The van der Waals surface area contributed by atoms with Crippen molar-refractivity contribution < 1.29 is 8.98 Å². The molecule has 0 saturated heterocycles. The number of furan rings is 1. The SMILES string of the molecule is C=C1CC2c3ccccc3-c3ccc(C)c[n+]3C2CCc2ccc3c(oc4nc(-c5c(C)cc(-c6ccccc6)cc5C)ccc43)c2/C(=C/C)N1. The van der Waals surface area contributed by atoms with Gasteiger partial charge in [-0.05, 0) is 91.8 Å². The number of aryl methyl sites for hydroxylation is 4. The van der Waals surface area contributed by atoms with Gasteiger partial charge in [0, 0.05) is 63.3 Å². The van der Waals surface area contributed by atoms with Crippen molar-refractivity contribution in [2.45, 2.75) is 58.9 Å². The predicted octanol–water partition coefficient (Wildman–Crippen LogP) is 11.3. The molecule has 0 saturated carbocycles. The van der Waals surface area contributed by atoms with Crippen molar-refractivity contribution in [3.8, 4) is 33.6 Å². The molecule has 4 nitrogen and oxygen atoms in total. The van der Waals surface area contributed by atoms with Gasteiger partial charge in [0.05, 0.1) is 11.6 Å². The number of nitrogens with one attached hydrogen (secondary N) is 1. The van der Waals surface area contributed by atoms with Gasteiger partial charge in [0.2, 0.25) is 11.4 Å². The number of benzene rings is 4. The summed E-state index contributed by atoms with van der Waals surface area (Å²) in [5.41, 5.74) is 18.2. The summed E-state index contributed by atoms with van der Waals surface area (Å²) in [6.45, 7) is 13.2. The Kier molecular flexibility index (Phi) is 7.50. The average Bonchev–Trinajstić information content (AvgIpc) is 3.51. The number of aromatic nitrogens is 2. The predicted molar refractivity (Wildman–Crippen MR) is 209 cm³/mol. The zero-order chi connectivity index (χ0) is 34.8. The third kappa shape index (κ3) is 5.20. The van der Waals surface area contributed by atoms with Gasteiger partial charge in [-0.1, -0.05) is 85.5 Å². The maximum atomic E-state index is 6.82. The summed E-state index contributed by atoms with van der Waals surface area (Å²) >= 11 is 0. The van der Waals surface area contributed by atoms with Crippen molar-refractivity contribution >= 4 is 27.8 Å². The van der Waals surface area contributed by atoms with Crippen molar-refractivity contribution in [3.05, 3.63) is 161 Å². The first kappa shape index (κ1) is 31.3. The Labute approximate surface area is 299 Å². The van der Waals surface area contributed by atoms with Crippen molar-refractivity contribution in [2.24, 2.45) is 0 Å². The summed E-state index contributed by atoms with van der Waals surface area (Å²) in [6, 6.07) is 37.7. The highest BCUT2D eigenvalue weighted by molar-refractivity contribution is 6.08. The second-order valence-corrected chi connectivity index (χ2v) is 14.4. The fourth-order valence-corrected chi connectivity index (χ4v) is 8.83. The second-order valence-electron chi connectivity index (χ2n) is 14.4. The lowest BCUT2D eigenvalue weighted by molar-refractivity contribution is -0.719. The van der Waals surface area contributed by atoms with E-state index in [1.54, 1.807) is 0 Å². The summed E-state index contributed by atoms with van der Waals surface area (Å²) in [7, 11) is 0. The zero-order valence-electron chi connectivity index (χ0n) is 29.8. The van der Waals surface area contributed by atoms with E-state index < -0.39 is 0 Å². The van der Waals surface area contributed by atoms with E-state index in [2.05, 4.69) is 160 Å². The molecule has 2 atom stereocenters. The van der Waals surface area contributed by atoms with E-state index in [9.17, 15) is 0 Å². The van der Waals surface area contributed by atoms with Gasteiger partial charge in [-0.25, -0.2) is 4.98 Å². The van der Waals surface area contributed by atoms with Gasteiger partial charge in [-0.3, -0.25) is 0 Å². The highest BCUT2D eigenvalue weighted by Crippen LogP contribution is 2.45. The van der Waals surface area contributed by atoms with Crippen LogP contribution in [0.15, 0.2) is 132 Å². The molecule has 5 heterocycles. The number of pyridine rings is 2. The number of hydrogen-bond donors (Lipinski definition) is 1.